The van der Waals surface area contributed by atoms with E-state index in [0.717, 1.165) is 23.5 Å². The monoisotopic (exact) mass is 452 g/mol. The Morgan fingerprint density at radius 3 is 2.62 bits per heavy atom. The number of anilines is 1. The molecule has 0 aliphatic carbocycles. The Balaban J connectivity index is 1.66. The summed E-state index contributed by atoms with van der Waals surface area (Å²) in [7, 11) is 0. The van der Waals surface area contributed by atoms with Gasteiger partial charge < -0.3 is 0 Å². The number of carbonyl (C=O) groups excluding carboxylic acids is 1. The number of thiazole rings is 1. The summed E-state index contributed by atoms with van der Waals surface area (Å²) in [5.41, 5.74) is 1.08. The molecule has 1 amide bonds. The highest BCUT2D eigenvalue weighted by Crippen LogP contribution is 2.32. The van der Waals surface area contributed by atoms with Crippen LogP contribution in [0.15, 0.2) is 66.9 Å². The number of nitrogens with zero attached hydrogens (tertiary/aromatic N) is 4. The zero-order valence-electron chi connectivity index (χ0n) is 16.3. The van der Waals surface area contributed by atoms with E-state index in [9.17, 15) is 23.7 Å². The first-order chi connectivity index (χ1) is 15.4. The predicted molar refractivity (Wildman–Crippen MR) is 117 cm³/mol. The lowest BCUT2D eigenvalue weighted by Crippen LogP contribution is -2.29. The van der Waals surface area contributed by atoms with Gasteiger partial charge in [-0.15, -0.1) is 0 Å². The van der Waals surface area contributed by atoms with Gasteiger partial charge in [-0.3, -0.25) is 24.8 Å². The Hall–Kier alpha value is -4.05. The Bertz CT molecular complexity index is 1320. The molecule has 0 spiro atoms. The smallest absolute Gasteiger partial charge is 0.269 e. The number of aromatic nitrogens is 2. The maximum absolute atomic E-state index is 14.1. The van der Waals surface area contributed by atoms with Crippen LogP contribution in [0.2, 0.25) is 0 Å². The Morgan fingerprint density at radius 2 is 1.94 bits per heavy atom. The number of hydrogen-bond acceptors (Lipinski definition) is 6. The van der Waals surface area contributed by atoms with Gasteiger partial charge in [-0.05, 0) is 42.0 Å². The molecule has 0 aliphatic rings. The van der Waals surface area contributed by atoms with Crippen molar-refractivity contribution in [2.75, 3.05) is 4.90 Å². The molecule has 2 heterocycles. The SMILES string of the molecule is O=C(/C=C/c1ccc([N+](=O)[O-])cc1)N(Cc1ccccn1)c1nc2c(F)cc(F)cc2s1. The second-order valence-corrected chi connectivity index (χ2v) is 7.67. The van der Waals surface area contributed by atoms with E-state index in [-0.39, 0.29) is 27.6 Å². The molecule has 0 saturated carbocycles. The fourth-order valence-electron chi connectivity index (χ4n) is 2.92. The average Bonchev–Trinajstić information content (AvgIpc) is 3.21. The fourth-order valence-corrected chi connectivity index (χ4v) is 3.93. The molecule has 2 aromatic carbocycles. The number of nitro benzene ring substituents is 1. The number of amides is 1. The standard InChI is InChI=1S/C22H14F2N4O3S/c23-15-11-18(24)21-19(12-15)32-22(26-21)27(13-16-3-1-2-10-25-16)20(29)9-6-14-4-7-17(8-5-14)28(30)31/h1-12H,13H2/b9-6+. The van der Waals surface area contributed by atoms with Crippen LogP contribution < -0.4 is 4.90 Å². The number of pyridine rings is 1. The number of rotatable bonds is 6. The first-order valence-electron chi connectivity index (χ1n) is 9.30. The summed E-state index contributed by atoms with van der Waals surface area (Å²) >= 11 is 0.985. The number of fused-ring (bicyclic) bond motifs is 1. The van der Waals surface area contributed by atoms with Crippen molar-refractivity contribution in [2.24, 2.45) is 0 Å². The first-order valence-corrected chi connectivity index (χ1v) is 10.1. The minimum atomic E-state index is -0.811. The molecule has 4 rings (SSSR count). The van der Waals surface area contributed by atoms with Crippen LogP contribution in [-0.4, -0.2) is 20.8 Å². The maximum atomic E-state index is 14.1. The Labute approximate surface area is 184 Å². The topological polar surface area (TPSA) is 89.2 Å². The van der Waals surface area contributed by atoms with Gasteiger partial charge in [-0.2, -0.15) is 0 Å². The fraction of sp³-hybridized carbons (Fsp3) is 0.0455. The van der Waals surface area contributed by atoms with Gasteiger partial charge in [0.2, 0.25) is 0 Å². The van der Waals surface area contributed by atoms with E-state index in [1.54, 1.807) is 24.4 Å². The lowest BCUT2D eigenvalue weighted by atomic mass is 10.2. The second-order valence-electron chi connectivity index (χ2n) is 6.66. The summed E-state index contributed by atoms with van der Waals surface area (Å²) in [5, 5.41) is 11.0. The second kappa shape index (κ2) is 8.98. The lowest BCUT2D eigenvalue weighted by molar-refractivity contribution is -0.384. The van der Waals surface area contributed by atoms with Crippen LogP contribution in [0.3, 0.4) is 0 Å². The minimum Gasteiger partial charge on any atom is -0.278 e. The van der Waals surface area contributed by atoms with Gasteiger partial charge in [-0.1, -0.05) is 17.4 Å². The van der Waals surface area contributed by atoms with Crippen molar-refractivity contribution in [1.29, 1.82) is 0 Å². The number of carbonyl (C=O) groups is 1. The van der Waals surface area contributed by atoms with Crippen molar-refractivity contribution >= 4 is 44.4 Å². The van der Waals surface area contributed by atoms with E-state index in [2.05, 4.69) is 9.97 Å². The third kappa shape index (κ3) is 4.65. The van der Waals surface area contributed by atoms with Crippen molar-refractivity contribution < 1.29 is 18.5 Å². The third-order valence-electron chi connectivity index (χ3n) is 4.47. The van der Waals surface area contributed by atoms with Gasteiger partial charge in [0.1, 0.15) is 11.3 Å². The highest BCUT2D eigenvalue weighted by molar-refractivity contribution is 7.22. The van der Waals surface area contributed by atoms with Gasteiger partial charge in [0.15, 0.2) is 10.9 Å². The Kier molecular flexibility index (Phi) is 5.95. The van der Waals surface area contributed by atoms with E-state index in [1.807, 2.05) is 0 Å². The zero-order chi connectivity index (χ0) is 22.7. The van der Waals surface area contributed by atoms with Crippen LogP contribution in [-0.2, 0) is 11.3 Å². The molecule has 2 aromatic heterocycles. The number of benzene rings is 2. The van der Waals surface area contributed by atoms with E-state index in [0.29, 0.717) is 11.3 Å². The molecule has 0 atom stereocenters. The molecule has 10 heteroatoms. The third-order valence-corrected chi connectivity index (χ3v) is 5.49. The molecule has 4 aromatic rings. The molecule has 0 aliphatic heterocycles. The van der Waals surface area contributed by atoms with Crippen molar-refractivity contribution in [3.05, 3.63) is 99.9 Å². The molecule has 0 saturated heterocycles. The molecule has 32 heavy (non-hydrogen) atoms. The van der Waals surface area contributed by atoms with Crippen LogP contribution in [0.4, 0.5) is 19.6 Å². The summed E-state index contributed by atoms with van der Waals surface area (Å²) in [5.74, 6) is -2.01. The van der Waals surface area contributed by atoms with E-state index in [4.69, 9.17) is 0 Å². The highest BCUT2D eigenvalue weighted by atomic mass is 32.1. The van der Waals surface area contributed by atoms with Crippen molar-refractivity contribution in [3.63, 3.8) is 0 Å². The first kappa shape index (κ1) is 21.2. The predicted octanol–water partition coefficient (Wildman–Crippen LogP) is 5.12. The molecule has 160 valence electrons. The molecule has 0 unspecified atom stereocenters. The highest BCUT2D eigenvalue weighted by Gasteiger charge is 2.20. The average molecular weight is 452 g/mol. The summed E-state index contributed by atoms with van der Waals surface area (Å²) in [6, 6.07) is 12.8. The minimum absolute atomic E-state index is 0.0235. The number of non-ortho nitro benzene ring substituents is 1. The molecule has 0 radical (unpaired) electrons. The van der Waals surface area contributed by atoms with Crippen LogP contribution >= 0.6 is 11.3 Å². The summed E-state index contributed by atoms with van der Waals surface area (Å²) in [4.78, 5) is 33.0. The zero-order valence-corrected chi connectivity index (χ0v) is 17.1. The van der Waals surface area contributed by atoms with Crippen LogP contribution in [0.5, 0.6) is 0 Å². The van der Waals surface area contributed by atoms with E-state index < -0.39 is 22.5 Å². The molecular weight excluding hydrogens is 438 g/mol. The van der Waals surface area contributed by atoms with Crippen molar-refractivity contribution in [2.45, 2.75) is 6.54 Å². The number of hydrogen-bond donors (Lipinski definition) is 0. The molecular formula is C22H14F2N4O3S. The summed E-state index contributed by atoms with van der Waals surface area (Å²) in [6.07, 6.45) is 4.37. The number of halogens is 2. The van der Waals surface area contributed by atoms with Gasteiger partial charge in [-0.25, -0.2) is 13.8 Å². The van der Waals surface area contributed by atoms with Crippen LogP contribution in [0.1, 0.15) is 11.3 Å². The van der Waals surface area contributed by atoms with Crippen molar-refractivity contribution in [3.8, 4) is 0 Å². The van der Waals surface area contributed by atoms with Crippen molar-refractivity contribution in [1.82, 2.24) is 9.97 Å². The quantitative estimate of drug-likeness (QED) is 0.230. The van der Waals surface area contributed by atoms with Crippen LogP contribution in [0, 0.1) is 21.7 Å². The van der Waals surface area contributed by atoms with Gasteiger partial charge >= 0.3 is 0 Å². The largest absolute Gasteiger partial charge is 0.278 e. The molecule has 7 nitrogen and oxygen atoms in total. The van der Waals surface area contributed by atoms with Crippen LogP contribution in [0.25, 0.3) is 16.3 Å². The Morgan fingerprint density at radius 1 is 1.16 bits per heavy atom. The molecule has 0 N–H and O–H groups in total. The maximum Gasteiger partial charge on any atom is 0.269 e. The summed E-state index contributed by atoms with van der Waals surface area (Å²) < 4.78 is 28.0. The van der Waals surface area contributed by atoms with Gasteiger partial charge in [0.05, 0.1) is 21.9 Å². The van der Waals surface area contributed by atoms with Gasteiger partial charge in [0.25, 0.3) is 11.6 Å². The summed E-state index contributed by atoms with van der Waals surface area (Å²) in [6.45, 7) is 0.0637. The van der Waals surface area contributed by atoms with E-state index >= 15 is 0 Å². The molecule has 0 bridgehead atoms. The number of nitro groups is 1. The van der Waals surface area contributed by atoms with Gasteiger partial charge in [0, 0.05) is 30.5 Å². The van der Waals surface area contributed by atoms with E-state index in [1.165, 1.54) is 41.3 Å². The normalized spacial score (nSPS) is 11.2. The lowest BCUT2D eigenvalue weighted by Gasteiger charge is -2.17. The molecule has 0 fully saturated rings.